The first-order valence-electron chi connectivity index (χ1n) is 7.86. The minimum Gasteiger partial charge on any atom is -0.507 e. The fourth-order valence-electron chi connectivity index (χ4n) is 2.66. The van der Waals surface area contributed by atoms with Crippen LogP contribution < -0.4 is 4.74 Å². The van der Waals surface area contributed by atoms with E-state index < -0.39 is 23.1 Å². The van der Waals surface area contributed by atoms with Gasteiger partial charge in [0.1, 0.15) is 17.2 Å². The lowest BCUT2D eigenvalue weighted by atomic mass is 9.95. The Morgan fingerprint density at radius 2 is 1.31 bits per heavy atom. The second-order valence-electron chi connectivity index (χ2n) is 5.61. The summed E-state index contributed by atoms with van der Waals surface area (Å²) in [4.78, 5) is 25.5. The highest BCUT2D eigenvalue weighted by Gasteiger charge is 2.22. The summed E-state index contributed by atoms with van der Waals surface area (Å²) in [6, 6.07) is 17.2. The van der Waals surface area contributed by atoms with E-state index in [2.05, 4.69) is 0 Å². The van der Waals surface area contributed by atoms with Gasteiger partial charge in [-0.1, -0.05) is 42.5 Å². The van der Waals surface area contributed by atoms with Gasteiger partial charge in [0.25, 0.3) is 0 Å². The molecule has 0 aliphatic carbocycles. The largest absolute Gasteiger partial charge is 0.507 e. The van der Waals surface area contributed by atoms with Crippen LogP contribution in [0.5, 0.6) is 17.2 Å². The zero-order chi connectivity index (χ0) is 18.7. The minimum atomic E-state index is -0.512. The van der Waals surface area contributed by atoms with Crippen molar-refractivity contribution in [3.05, 3.63) is 89.0 Å². The van der Waals surface area contributed by atoms with Gasteiger partial charge in [0.05, 0.1) is 23.8 Å². The number of para-hydroxylation sites is 1. The van der Waals surface area contributed by atoms with Crippen LogP contribution in [0, 0.1) is 0 Å². The number of aromatic hydroxyl groups is 2. The lowest BCUT2D eigenvalue weighted by molar-refractivity contribution is 0.103. The molecule has 0 amide bonds. The van der Waals surface area contributed by atoms with Crippen LogP contribution in [0.25, 0.3) is 0 Å². The van der Waals surface area contributed by atoms with Crippen molar-refractivity contribution in [1.29, 1.82) is 0 Å². The van der Waals surface area contributed by atoms with Crippen molar-refractivity contribution in [2.45, 2.75) is 0 Å². The lowest BCUT2D eigenvalue weighted by Crippen LogP contribution is -2.08. The van der Waals surface area contributed by atoms with Gasteiger partial charge in [0, 0.05) is 11.6 Å². The van der Waals surface area contributed by atoms with Gasteiger partial charge in [0.2, 0.25) is 0 Å². The molecule has 0 saturated heterocycles. The molecule has 0 spiro atoms. The van der Waals surface area contributed by atoms with E-state index in [0.717, 1.165) is 6.07 Å². The van der Waals surface area contributed by atoms with Crippen LogP contribution in [0.15, 0.2) is 66.7 Å². The zero-order valence-corrected chi connectivity index (χ0v) is 14.0. The summed E-state index contributed by atoms with van der Waals surface area (Å²) in [5, 5.41) is 20.2. The third kappa shape index (κ3) is 3.15. The fraction of sp³-hybridized carbons (Fsp3) is 0.0476. The number of methoxy groups -OCH3 is 1. The van der Waals surface area contributed by atoms with Gasteiger partial charge in [0.15, 0.2) is 11.6 Å². The second-order valence-corrected chi connectivity index (χ2v) is 5.61. The van der Waals surface area contributed by atoms with Crippen LogP contribution in [0.1, 0.15) is 31.8 Å². The van der Waals surface area contributed by atoms with Crippen molar-refractivity contribution in [3.63, 3.8) is 0 Å². The number of phenolic OH excluding ortho intramolecular Hbond substituents is 2. The Kier molecular flexibility index (Phi) is 4.71. The van der Waals surface area contributed by atoms with E-state index in [1.807, 2.05) is 0 Å². The van der Waals surface area contributed by atoms with Crippen LogP contribution in [0.3, 0.4) is 0 Å². The normalized spacial score (nSPS) is 10.3. The summed E-state index contributed by atoms with van der Waals surface area (Å²) in [5.41, 5.74) is 0.456. The molecule has 0 aliphatic heterocycles. The van der Waals surface area contributed by atoms with Crippen LogP contribution in [-0.2, 0) is 0 Å². The minimum absolute atomic E-state index is 0.0627. The fourth-order valence-corrected chi connectivity index (χ4v) is 2.66. The summed E-state index contributed by atoms with van der Waals surface area (Å²) in [6.07, 6.45) is 0. The summed E-state index contributed by atoms with van der Waals surface area (Å²) in [5.74, 6) is -1.42. The first kappa shape index (κ1) is 17.2. The summed E-state index contributed by atoms with van der Waals surface area (Å²) < 4.78 is 5.18. The molecular weight excluding hydrogens is 332 g/mol. The SMILES string of the molecule is COc1ccccc1C(=O)c1cc(C(=O)c2ccccc2)c(O)cc1O. The van der Waals surface area contributed by atoms with Crippen LogP contribution >= 0.6 is 0 Å². The average molecular weight is 348 g/mol. The predicted octanol–water partition coefficient (Wildman–Crippen LogP) is 3.57. The molecule has 26 heavy (non-hydrogen) atoms. The molecule has 0 fully saturated rings. The maximum atomic E-state index is 12.8. The second kappa shape index (κ2) is 7.11. The molecule has 0 saturated carbocycles. The molecule has 0 heterocycles. The Labute approximate surface area is 150 Å². The van der Waals surface area contributed by atoms with E-state index in [9.17, 15) is 19.8 Å². The van der Waals surface area contributed by atoms with E-state index >= 15 is 0 Å². The monoisotopic (exact) mass is 348 g/mol. The average Bonchev–Trinajstić information content (AvgIpc) is 2.67. The molecule has 0 unspecified atom stereocenters. The molecule has 0 aliphatic rings. The van der Waals surface area contributed by atoms with Crippen LogP contribution in [0.4, 0.5) is 0 Å². The number of phenols is 2. The summed E-state index contributed by atoms with van der Waals surface area (Å²) >= 11 is 0. The van der Waals surface area contributed by atoms with Gasteiger partial charge in [-0.05, 0) is 18.2 Å². The zero-order valence-electron chi connectivity index (χ0n) is 14.0. The van der Waals surface area contributed by atoms with E-state index in [0.29, 0.717) is 11.3 Å². The van der Waals surface area contributed by atoms with Gasteiger partial charge < -0.3 is 14.9 Å². The Morgan fingerprint density at radius 1 is 0.731 bits per heavy atom. The number of rotatable bonds is 5. The third-order valence-electron chi connectivity index (χ3n) is 3.99. The maximum Gasteiger partial charge on any atom is 0.200 e. The number of ketones is 2. The van der Waals surface area contributed by atoms with E-state index in [-0.39, 0.29) is 16.7 Å². The molecular formula is C21H16O5. The first-order valence-corrected chi connectivity index (χ1v) is 7.86. The molecule has 5 heteroatoms. The quantitative estimate of drug-likeness (QED) is 0.689. The molecule has 3 aromatic rings. The van der Waals surface area contributed by atoms with Crippen molar-refractivity contribution in [2.75, 3.05) is 7.11 Å². The van der Waals surface area contributed by atoms with Gasteiger partial charge in [-0.15, -0.1) is 0 Å². The Bertz CT molecular complexity index is 977. The molecule has 3 aromatic carbocycles. The first-order chi connectivity index (χ1) is 12.5. The topological polar surface area (TPSA) is 83.8 Å². The number of carbonyl (C=O) groups is 2. The van der Waals surface area contributed by atoms with Crippen molar-refractivity contribution in [1.82, 2.24) is 0 Å². The highest BCUT2D eigenvalue weighted by atomic mass is 16.5. The molecule has 3 rings (SSSR count). The standard InChI is InChI=1S/C21H16O5/c1-26-19-10-6-5-9-14(19)21(25)16-11-15(17(22)12-18(16)23)20(24)13-7-3-2-4-8-13/h2-12,22-23H,1H3. The molecule has 0 radical (unpaired) electrons. The number of hydrogen-bond donors (Lipinski definition) is 2. The molecule has 2 N–H and O–H groups in total. The van der Waals surface area contributed by atoms with Gasteiger partial charge in [-0.25, -0.2) is 0 Å². The Hall–Kier alpha value is -3.60. The lowest BCUT2D eigenvalue weighted by Gasteiger charge is -2.11. The number of ether oxygens (including phenoxy) is 1. The number of carbonyl (C=O) groups excluding carboxylic acids is 2. The number of benzene rings is 3. The van der Waals surface area contributed by atoms with Crippen molar-refractivity contribution in [3.8, 4) is 17.2 Å². The molecule has 0 atom stereocenters. The predicted molar refractivity (Wildman–Crippen MR) is 96.1 cm³/mol. The third-order valence-corrected chi connectivity index (χ3v) is 3.99. The van der Waals surface area contributed by atoms with E-state index in [1.54, 1.807) is 54.6 Å². The maximum absolute atomic E-state index is 12.8. The van der Waals surface area contributed by atoms with Crippen LogP contribution in [-0.4, -0.2) is 28.9 Å². The summed E-state index contributed by atoms with van der Waals surface area (Å²) in [7, 11) is 1.44. The molecule has 0 bridgehead atoms. The smallest absolute Gasteiger partial charge is 0.200 e. The van der Waals surface area contributed by atoms with Crippen molar-refractivity contribution < 1.29 is 24.5 Å². The summed E-state index contributed by atoms with van der Waals surface area (Å²) in [6.45, 7) is 0. The Morgan fingerprint density at radius 3 is 1.96 bits per heavy atom. The van der Waals surface area contributed by atoms with E-state index in [4.69, 9.17) is 4.74 Å². The van der Waals surface area contributed by atoms with Crippen molar-refractivity contribution in [2.24, 2.45) is 0 Å². The molecule has 130 valence electrons. The highest BCUT2D eigenvalue weighted by Crippen LogP contribution is 2.32. The molecule has 0 aromatic heterocycles. The highest BCUT2D eigenvalue weighted by molar-refractivity contribution is 6.16. The molecule has 5 nitrogen and oxygen atoms in total. The van der Waals surface area contributed by atoms with Gasteiger partial charge >= 0.3 is 0 Å². The Balaban J connectivity index is 2.09. The van der Waals surface area contributed by atoms with Crippen LogP contribution in [0.2, 0.25) is 0 Å². The number of hydrogen-bond acceptors (Lipinski definition) is 5. The van der Waals surface area contributed by atoms with Gasteiger partial charge in [-0.3, -0.25) is 9.59 Å². The van der Waals surface area contributed by atoms with Crippen molar-refractivity contribution >= 4 is 11.6 Å². The van der Waals surface area contributed by atoms with Gasteiger partial charge in [-0.2, -0.15) is 0 Å². The van der Waals surface area contributed by atoms with E-state index in [1.165, 1.54) is 13.2 Å².